The predicted molar refractivity (Wildman–Crippen MR) is 57.1 cm³/mol. The van der Waals surface area contributed by atoms with Crippen LogP contribution in [0.25, 0.3) is 0 Å². The zero-order valence-corrected chi connectivity index (χ0v) is 9.15. The summed E-state index contributed by atoms with van der Waals surface area (Å²) in [5, 5.41) is 17.4. The predicted octanol–water partition coefficient (Wildman–Crippen LogP) is 0.812. The van der Waals surface area contributed by atoms with E-state index in [4.69, 9.17) is 10.4 Å². The van der Waals surface area contributed by atoms with Crippen LogP contribution in [0.3, 0.4) is 0 Å². The van der Waals surface area contributed by atoms with Crippen LogP contribution in [0.4, 0.5) is 0 Å². The highest BCUT2D eigenvalue weighted by Crippen LogP contribution is 2.05. The summed E-state index contributed by atoms with van der Waals surface area (Å²) in [6.07, 6.45) is -0.130. The smallest absolute Gasteiger partial charge is 0.305 e. The van der Waals surface area contributed by atoms with E-state index >= 15 is 0 Å². The Morgan fingerprint density at radius 1 is 1.56 bits per heavy atom. The molecule has 1 N–H and O–H groups in total. The van der Waals surface area contributed by atoms with Gasteiger partial charge in [-0.3, -0.25) is 9.59 Å². The van der Waals surface area contributed by atoms with Crippen LogP contribution in [-0.2, 0) is 11.3 Å². The molecule has 84 valence electrons. The van der Waals surface area contributed by atoms with Crippen LogP contribution in [0.1, 0.15) is 23.2 Å². The highest BCUT2D eigenvalue weighted by Gasteiger charge is 2.10. The fourth-order valence-corrected chi connectivity index (χ4v) is 1.55. The quantitative estimate of drug-likeness (QED) is 0.817. The molecule has 1 rings (SSSR count). The summed E-state index contributed by atoms with van der Waals surface area (Å²) in [4.78, 5) is 22.2. The van der Waals surface area contributed by atoms with Crippen molar-refractivity contribution in [2.75, 3.05) is 0 Å². The van der Waals surface area contributed by atoms with Gasteiger partial charge in [-0.25, -0.2) is 0 Å². The zero-order valence-electron chi connectivity index (χ0n) is 9.15. The number of hydrogen-bond acceptors (Lipinski definition) is 3. The van der Waals surface area contributed by atoms with Crippen molar-refractivity contribution in [3.8, 4) is 6.07 Å². The van der Waals surface area contributed by atoms with Crippen LogP contribution in [0, 0.1) is 25.2 Å². The number of aryl methyl sites for hydroxylation is 2. The minimum Gasteiger partial charge on any atom is -0.481 e. The first kappa shape index (κ1) is 12.0. The molecule has 0 amide bonds. The second-order valence-corrected chi connectivity index (χ2v) is 3.56. The third kappa shape index (κ3) is 2.28. The molecule has 0 atom stereocenters. The van der Waals surface area contributed by atoms with E-state index in [-0.39, 0.29) is 18.5 Å². The average Bonchev–Trinajstić information content (AvgIpc) is 2.16. The summed E-state index contributed by atoms with van der Waals surface area (Å²) >= 11 is 0. The fourth-order valence-electron chi connectivity index (χ4n) is 1.55. The lowest BCUT2D eigenvalue weighted by Gasteiger charge is -2.10. The number of hydrogen-bond donors (Lipinski definition) is 1. The molecule has 5 heteroatoms. The molecule has 0 spiro atoms. The van der Waals surface area contributed by atoms with E-state index in [1.165, 1.54) is 4.57 Å². The first-order valence-electron chi connectivity index (χ1n) is 4.80. The highest BCUT2D eigenvalue weighted by atomic mass is 16.4. The van der Waals surface area contributed by atoms with E-state index in [2.05, 4.69) is 0 Å². The summed E-state index contributed by atoms with van der Waals surface area (Å²) in [6.45, 7) is 3.50. The van der Waals surface area contributed by atoms with Crippen LogP contribution in [0.2, 0.25) is 0 Å². The van der Waals surface area contributed by atoms with Gasteiger partial charge in [-0.05, 0) is 25.5 Å². The van der Waals surface area contributed by atoms with Gasteiger partial charge in [-0.15, -0.1) is 0 Å². The van der Waals surface area contributed by atoms with Gasteiger partial charge in [0.1, 0.15) is 11.6 Å². The van der Waals surface area contributed by atoms with E-state index < -0.39 is 11.5 Å². The minimum absolute atomic E-state index is 0.0796. The van der Waals surface area contributed by atoms with E-state index in [0.717, 1.165) is 0 Å². The van der Waals surface area contributed by atoms with Crippen molar-refractivity contribution >= 4 is 5.97 Å². The van der Waals surface area contributed by atoms with Gasteiger partial charge in [-0.1, -0.05) is 0 Å². The summed E-state index contributed by atoms with van der Waals surface area (Å²) in [5.74, 6) is -0.967. The summed E-state index contributed by atoms with van der Waals surface area (Å²) in [6, 6.07) is 3.55. The molecule has 0 aromatic carbocycles. The molecule has 5 nitrogen and oxygen atoms in total. The molecule has 16 heavy (non-hydrogen) atoms. The Labute approximate surface area is 92.6 Å². The molecule has 1 heterocycles. The van der Waals surface area contributed by atoms with Crippen LogP contribution in [-0.4, -0.2) is 15.6 Å². The Kier molecular flexibility index (Phi) is 3.46. The van der Waals surface area contributed by atoms with Gasteiger partial charge in [0.2, 0.25) is 0 Å². The molecule has 0 aliphatic rings. The third-order valence-electron chi connectivity index (χ3n) is 2.37. The molecule has 0 saturated carbocycles. The van der Waals surface area contributed by atoms with Crippen molar-refractivity contribution in [3.63, 3.8) is 0 Å². The van der Waals surface area contributed by atoms with Crippen LogP contribution < -0.4 is 5.56 Å². The molecule has 0 saturated heterocycles. The molecule has 0 aliphatic heterocycles. The molecule has 0 bridgehead atoms. The number of carbonyl (C=O) groups is 1. The van der Waals surface area contributed by atoms with Gasteiger partial charge in [-0.2, -0.15) is 5.26 Å². The normalized spacial score (nSPS) is 9.81. The molecule has 1 aromatic heterocycles. The highest BCUT2D eigenvalue weighted by molar-refractivity contribution is 5.66. The number of pyridine rings is 1. The van der Waals surface area contributed by atoms with Gasteiger partial charge in [0, 0.05) is 12.2 Å². The van der Waals surface area contributed by atoms with E-state index in [0.29, 0.717) is 11.3 Å². The number of carboxylic acid groups (broad SMARTS) is 1. The van der Waals surface area contributed by atoms with E-state index in [1.54, 1.807) is 19.9 Å². The molecular weight excluding hydrogens is 208 g/mol. The van der Waals surface area contributed by atoms with Gasteiger partial charge >= 0.3 is 5.97 Å². The van der Waals surface area contributed by atoms with Crippen molar-refractivity contribution < 1.29 is 9.90 Å². The number of aromatic nitrogens is 1. The van der Waals surface area contributed by atoms with E-state index in [9.17, 15) is 9.59 Å². The molecule has 0 unspecified atom stereocenters. The van der Waals surface area contributed by atoms with Crippen molar-refractivity contribution in [3.05, 3.63) is 33.2 Å². The van der Waals surface area contributed by atoms with Crippen molar-refractivity contribution in [2.24, 2.45) is 0 Å². The molecule has 0 radical (unpaired) electrons. The van der Waals surface area contributed by atoms with Gasteiger partial charge in [0.25, 0.3) is 5.56 Å². The van der Waals surface area contributed by atoms with Crippen molar-refractivity contribution in [1.29, 1.82) is 5.26 Å². The molecule has 1 aromatic rings. The Hall–Kier alpha value is -2.09. The number of aliphatic carboxylic acids is 1. The molecular formula is C11H12N2O3. The summed E-state index contributed by atoms with van der Waals surface area (Å²) < 4.78 is 1.32. The number of carboxylic acids is 1. The lowest BCUT2D eigenvalue weighted by atomic mass is 10.1. The summed E-state index contributed by atoms with van der Waals surface area (Å²) in [5.41, 5.74) is 0.955. The van der Waals surface area contributed by atoms with Gasteiger partial charge in [0.05, 0.1) is 6.42 Å². The van der Waals surface area contributed by atoms with Crippen LogP contribution in [0.5, 0.6) is 0 Å². The summed E-state index contributed by atoms with van der Waals surface area (Å²) in [7, 11) is 0. The standard InChI is InChI=1S/C11H12N2O3/c1-7-5-8(2)13(4-3-10(14)15)11(16)9(7)6-12/h5H,3-4H2,1-2H3,(H,14,15). The fraction of sp³-hybridized carbons (Fsp3) is 0.364. The number of rotatable bonds is 3. The first-order chi connectivity index (χ1) is 7.47. The number of nitriles is 1. The van der Waals surface area contributed by atoms with Crippen LogP contribution in [0.15, 0.2) is 10.9 Å². The SMILES string of the molecule is Cc1cc(C)n(CCC(=O)O)c(=O)c1C#N. The lowest BCUT2D eigenvalue weighted by molar-refractivity contribution is -0.137. The van der Waals surface area contributed by atoms with E-state index in [1.807, 2.05) is 6.07 Å². The Balaban J connectivity index is 3.25. The zero-order chi connectivity index (χ0) is 12.3. The largest absolute Gasteiger partial charge is 0.481 e. The lowest BCUT2D eigenvalue weighted by Crippen LogP contribution is -2.26. The van der Waals surface area contributed by atoms with Gasteiger partial charge < -0.3 is 9.67 Å². The second kappa shape index (κ2) is 4.62. The Bertz CT molecular complexity index is 523. The maximum absolute atomic E-state index is 11.8. The van der Waals surface area contributed by atoms with Crippen molar-refractivity contribution in [2.45, 2.75) is 26.8 Å². The first-order valence-corrected chi connectivity index (χ1v) is 4.80. The Morgan fingerprint density at radius 3 is 2.69 bits per heavy atom. The molecule has 0 aliphatic carbocycles. The van der Waals surface area contributed by atoms with Crippen LogP contribution >= 0.6 is 0 Å². The molecule has 0 fully saturated rings. The maximum Gasteiger partial charge on any atom is 0.305 e. The third-order valence-corrected chi connectivity index (χ3v) is 2.37. The number of nitrogens with zero attached hydrogens (tertiary/aromatic N) is 2. The van der Waals surface area contributed by atoms with Gasteiger partial charge in [0.15, 0.2) is 0 Å². The van der Waals surface area contributed by atoms with Crippen molar-refractivity contribution in [1.82, 2.24) is 4.57 Å². The minimum atomic E-state index is -0.967. The topological polar surface area (TPSA) is 83.1 Å². The second-order valence-electron chi connectivity index (χ2n) is 3.56. The maximum atomic E-state index is 11.8. The monoisotopic (exact) mass is 220 g/mol. The Morgan fingerprint density at radius 2 is 2.19 bits per heavy atom. The average molecular weight is 220 g/mol.